The normalized spacial score (nSPS) is 18.4. The first-order valence-corrected chi connectivity index (χ1v) is 16.8. The van der Waals surface area contributed by atoms with Crippen LogP contribution in [0.15, 0.2) is 103 Å². The zero-order valence-electron chi connectivity index (χ0n) is 25.7. The Labute approximate surface area is 273 Å². The van der Waals surface area contributed by atoms with Crippen molar-refractivity contribution in [2.24, 2.45) is 0 Å². The summed E-state index contributed by atoms with van der Waals surface area (Å²) in [6.07, 6.45) is 2.60. The molecule has 2 amide bonds. The van der Waals surface area contributed by atoms with Gasteiger partial charge < -0.3 is 19.7 Å². The molecule has 12 heteroatoms. The van der Waals surface area contributed by atoms with Gasteiger partial charge in [0.05, 0.1) is 25.4 Å². The van der Waals surface area contributed by atoms with Gasteiger partial charge in [0.15, 0.2) is 5.78 Å². The molecule has 242 valence electrons. The maximum atomic E-state index is 14.1. The summed E-state index contributed by atoms with van der Waals surface area (Å²) in [5.74, 6) is -0.233. The molecule has 3 unspecified atom stereocenters. The van der Waals surface area contributed by atoms with E-state index in [0.29, 0.717) is 23.5 Å². The van der Waals surface area contributed by atoms with Gasteiger partial charge in [-0.15, -0.1) is 0 Å². The first-order valence-electron chi connectivity index (χ1n) is 15.2. The second-order valence-electron chi connectivity index (χ2n) is 11.5. The maximum absolute atomic E-state index is 14.1. The van der Waals surface area contributed by atoms with E-state index in [-0.39, 0.29) is 31.0 Å². The molecule has 0 saturated carbocycles. The number of nitrogens with zero attached hydrogens (tertiary/aromatic N) is 3. The number of ketones is 1. The van der Waals surface area contributed by atoms with Crippen molar-refractivity contribution in [2.75, 3.05) is 20.2 Å². The van der Waals surface area contributed by atoms with Crippen LogP contribution in [0.5, 0.6) is 11.5 Å². The first kappa shape index (κ1) is 31.9. The predicted molar refractivity (Wildman–Crippen MR) is 174 cm³/mol. The van der Waals surface area contributed by atoms with E-state index in [1.807, 2.05) is 42.5 Å². The number of likely N-dealkylation sites (tertiary alicyclic amines) is 1. The van der Waals surface area contributed by atoms with Crippen molar-refractivity contribution >= 4 is 27.8 Å². The summed E-state index contributed by atoms with van der Waals surface area (Å²) in [7, 11) is -2.32. The number of carbonyl (C=O) groups excluding carboxylic acids is 3. The second-order valence-corrected chi connectivity index (χ2v) is 13.4. The number of nitrogens with one attached hydrogen (secondary N) is 1. The molecule has 11 nitrogen and oxygen atoms in total. The summed E-state index contributed by atoms with van der Waals surface area (Å²) in [6, 6.07) is 24.4. The Hall–Kier alpha value is -5.07. The molecular formula is C35H34N4O7S. The summed E-state index contributed by atoms with van der Waals surface area (Å²) in [5.41, 5.74) is 3.21. The fourth-order valence-electron chi connectivity index (χ4n) is 6.18. The number of ether oxygens (including phenoxy) is 2. The Bertz CT molecular complexity index is 1840. The number of pyridine rings is 1. The average Bonchev–Trinajstić information content (AvgIpc) is 3.67. The molecule has 0 radical (unpaired) electrons. The van der Waals surface area contributed by atoms with Crippen LogP contribution in [0.2, 0.25) is 0 Å². The number of fused-ring (bicyclic) bond motifs is 1. The number of benzene rings is 3. The van der Waals surface area contributed by atoms with Crippen LogP contribution in [-0.4, -0.2) is 78.7 Å². The highest BCUT2D eigenvalue weighted by molar-refractivity contribution is 7.88. The molecule has 4 aromatic rings. The number of carbonyl (C=O) groups is 3. The molecule has 2 aliphatic rings. The summed E-state index contributed by atoms with van der Waals surface area (Å²) in [5, 5.41) is 2.70. The molecule has 0 spiro atoms. The third kappa shape index (κ3) is 7.18. The van der Waals surface area contributed by atoms with Crippen LogP contribution < -0.4 is 14.8 Å². The highest BCUT2D eigenvalue weighted by atomic mass is 32.2. The monoisotopic (exact) mass is 654 g/mol. The van der Waals surface area contributed by atoms with E-state index in [1.165, 1.54) is 15.4 Å². The molecular weight excluding hydrogens is 620 g/mol. The summed E-state index contributed by atoms with van der Waals surface area (Å²) in [4.78, 5) is 45.9. The third-order valence-electron chi connectivity index (χ3n) is 8.45. The molecule has 1 N–H and O–H groups in total. The molecule has 2 saturated heterocycles. The van der Waals surface area contributed by atoms with E-state index < -0.39 is 40.1 Å². The van der Waals surface area contributed by atoms with Crippen LogP contribution in [0.25, 0.3) is 11.1 Å². The zero-order valence-corrected chi connectivity index (χ0v) is 26.5. The van der Waals surface area contributed by atoms with Crippen molar-refractivity contribution in [1.82, 2.24) is 19.5 Å². The minimum absolute atomic E-state index is 0.107. The highest BCUT2D eigenvalue weighted by Crippen LogP contribution is 2.33. The Morgan fingerprint density at radius 1 is 0.915 bits per heavy atom. The lowest BCUT2D eigenvalue weighted by atomic mass is 10.0. The van der Waals surface area contributed by atoms with Gasteiger partial charge in [0.2, 0.25) is 15.9 Å². The molecule has 1 aromatic heterocycles. The molecule has 3 atom stereocenters. The van der Waals surface area contributed by atoms with Gasteiger partial charge in [0.1, 0.15) is 23.6 Å². The number of Topliss-reactive ketones (excluding diaryl/α,β-unsaturated/α-hetero) is 1. The minimum Gasteiger partial charge on any atom is -0.497 e. The number of hydrogen-bond acceptors (Lipinski definition) is 8. The van der Waals surface area contributed by atoms with Crippen molar-refractivity contribution in [2.45, 2.75) is 36.7 Å². The van der Waals surface area contributed by atoms with E-state index in [0.717, 1.165) is 16.7 Å². The molecule has 2 aliphatic heterocycles. The largest absolute Gasteiger partial charge is 0.497 e. The lowest BCUT2D eigenvalue weighted by Gasteiger charge is -2.28. The first-order chi connectivity index (χ1) is 22.7. The SMILES string of the molecule is COc1ccc(CC(NC(=O)Oc2ccc(-c3ccccc3)cc2)C(=O)N2CCC3C2C(=O)CN3S(=O)(=O)Cc2cccnc2)cc1. The molecule has 3 aromatic carbocycles. The molecule has 2 fully saturated rings. The van der Waals surface area contributed by atoms with Gasteiger partial charge in [-0.05, 0) is 59.0 Å². The van der Waals surface area contributed by atoms with E-state index >= 15 is 0 Å². The second kappa shape index (κ2) is 13.7. The van der Waals surface area contributed by atoms with Crippen molar-refractivity contribution in [1.29, 1.82) is 0 Å². The molecule has 3 heterocycles. The maximum Gasteiger partial charge on any atom is 0.413 e. The Kier molecular flexibility index (Phi) is 9.32. The predicted octanol–water partition coefficient (Wildman–Crippen LogP) is 3.84. The molecule has 47 heavy (non-hydrogen) atoms. The van der Waals surface area contributed by atoms with Crippen LogP contribution in [0.1, 0.15) is 17.5 Å². The van der Waals surface area contributed by atoms with Gasteiger partial charge in [-0.1, -0.05) is 60.7 Å². The Balaban J connectivity index is 1.18. The number of aromatic nitrogens is 1. The van der Waals surface area contributed by atoms with Crippen LogP contribution in [-0.2, 0) is 31.8 Å². The number of methoxy groups -OCH3 is 1. The average molecular weight is 655 g/mol. The third-order valence-corrected chi connectivity index (χ3v) is 10.3. The highest BCUT2D eigenvalue weighted by Gasteiger charge is 2.54. The van der Waals surface area contributed by atoms with Crippen molar-refractivity contribution in [3.63, 3.8) is 0 Å². The number of hydrogen-bond donors (Lipinski definition) is 1. The summed E-state index contributed by atoms with van der Waals surface area (Å²) < 4.78 is 38.7. The lowest BCUT2D eigenvalue weighted by Crippen LogP contribution is -2.53. The van der Waals surface area contributed by atoms with Crippen molar-refractivity contribution < 1.29 is 32.3 Å². The molecule has 6 rings (SSSR count). The van der Waals surface area contributed by atoms with Gasteiger partial charge >= 0.3 is 6.09 Å². The van der Waals surface area contributed by atoms with Crippen LogP contribution in [0.3, 0.4) is 0 Å². The molecule has 0 bridgehead atoms. The van der Waals surface area contributed by atoms with E-state index in [9.17, 15) is 22.8 Å². The summed E-state index contributed by atoms with van der Waals surface area (Å²) >= 11 is 0. The summed E-state index contributed by atoms with van der Waals surface area (Å²) in [6.45, 7) is -0.158. The fourth-order valence-corrected chi connectivity index (χ4v) is 7.90. The fraction of sp³-hybridized carbons (Fsp3) is 0.257. The number of amides is 2. The van der Waals surface area contributed by atoms with E-state index in [2.05, 4.69) is 10.3 Å². The van der Waals surface area contributed by atoms with Crippen LogP contribution in [0.4, 0.5) is 4.79 Å². The topological polar surface area (TPSA) is 135 Å². The van der Waals surface area contributed by atoms with Gasteiger partial charge in [-0.25, -0.2) is 13.2 Å². The van der Waals surface area contributed by atoms with Gasteiger partial charge in [-0.2, -0.15) is 4.31 Å². The van der Waals surface area contributed by atoms with E-state index in [1.54, 1.807) is 61.8 Å². The smallest absolute Gasteiger partial charge is 0.413 e. The van der Waals surface area contributed by atoms with E-state index in [4.69, 9.17) is 9.47 Å². The Morgan fingerprint density at radius 2 is 1.62 bits per heavy atom. The number of sulfonamides is 1. The lowest BCUT2D eigenvalue weighted by molar-refractivity contribution is -0.138. The zero-order chi connectivity index (χ0) is 33.0. The van der Waals surface area contributed by atoms with Crippen LogP contribution >= 0.6 is 0 Å². The minimum atomic E-state index is -3.87. The molecule has 0 aliphatic carbocycles. The van der Waals surface area contributed by atoms with Gasteiger partial charge in [-0.3, -0.25) is 14.6 Å². The number of rotatable bonds is 10. The van der Waals surface area contributed by atoms with Gasteiger partial charge in [0, 0.05) is 25.4 Å². The standard InChI is InChI=1S/C35H34N4O7S/c1-45-28-13-9-24(10-14-28)20-30(37-35(42)46-29-15-11-27(12-16-29)26-7-3-2-4-8-26)34(41)38-19-17-31-33(38)32(40)22-39(31)47(43,44)23-25-6-5-18-36-21-25/h2-16,18,21,30-31,33H,17,19-20,22-23H2,1H3,(H,37,42). The van der Waals surface area contributed by atoms with Gasteiger partial charge in [0.25, 0.3) is 0 Å². The Morgan fingerprint density at radius 3 is 2.30 bits per heavy atom. The van der Waals surface area contributed by atoms with Crippen molar-refractivity contribution in [3.05, 3.63) is 115 Å². The quantitative estimate of drug-likeness (QED) is 0.273. The van der Waals surface area contributed by atoms with Crippen LogP contribution in [0, 0.1) is 0 Å². The van der Waals surface area contributed by atoms with Crippen molar-refractivity contribution in [3.8, 4) is 22.6 Å².